The Morgan fingerprint density at radius 2 is 1.77 bits per heavy atom. The fourth-order valence-electron chi connectivity index (χ4n) is 3.80. The fourth-order valence-corrected chi connectivity index (χ4v) is 3.80. The fraction of sp³-hybridized carbons (Fsp3) is 0.632. The highest BCUT2D eigenvalue weighted by atomic mass is 16.3. The predicted molar refractivity (Wildman–Crippen MR) is 102 cm³/mol. The zero-order chi connectivity index (χ0) is 17.9. The van der Waals surface area contributed by atoms with Crippen molar-refractivity contribution >= 4 is 11.8 Å². The molecule has 2 saturated heterocycles. The van der Waals surface area contributed by atoms with E-state index in [0.29, 0.717) is 5.92 Å². The first-order valence-corrected chi connectivity index (χ1v) is 9.68. The van der Waals surface area contributed by atoms with Crippen molar-refractivity contribution in [2.24, 2.45) is 0 Å². The molecule has 2 fully saturated rings. The molecule has 0 unspecified atom stereocenters. The van der Waals surface area contributed by atoms with Crippen LogP contribution < -0.4 is 9.80 Å². The van der Waals surface area contributed by atoms with Crippen LogP contribution in [-0.2, 0) is 6.54 Å². The molecule has 0 spiro atoms. The Morgan fingerprint density at radius 1 is 1.00 bits per heavy atom. The second-order valence-electron chi connectivity index (χ2n) is 7.49. The maximum Gasteiger partial charge on any atom is 0.227 e. The molecule has 0 aliphatic carbocycles. The molecular formula is C19H28N6O. The van der Waals surface area contributed by atoms with Gasteiger partial charge in [0.25, 0.3) is 0 Å². The average molecular weight is 356 g/mol. The van der Waals surface area contributed by atoms with E-state index in [4.69, 9.17) is 9.40 Å². The van der Waals surface area contributed by atoms with E-state index in [1.165, 1.54) is 12.8 Å². The zero-order valence-electron chi connectivity index (χ0n) is 15.8. The summed E-state index contributed by atoms with van der Waals surface area (Å²) in [6, 6.07) is 2.03. The minimum atomic E-state index is 0.374. The van der Waals surface area contributed by atoms with E-state index >= 15 is 0 Å². The van der Waals surface area contributed by atoms with Crippen molar-refractivity contribution in [3.63, 3.8) is 0 Å². The normalized spacial score (nSPS) is 18.9. The monoisotopic (exact) mass is 356 g/mol. The smallest absolute Gasteiger partial charge is 0.227 e. The van der Waals surface area contributed by atoms with Crippen LogP contribution in [0.3, 0.4) is 0 Å². The second kappa shape index (κ2) is 7.61. The minimum Gasteiger partial charge on any atom is -0.448 e. The number of rotatable bonds is 5. The summed E-state index contributed by atoms with van der Waals surface area (Å²) < 4.78 is 5.55. The number of oxazole rings is 1. The molecule has 0 amide bonds. The molecule has 2 aliphatic rings. The van der Waals surface area contributed by atoms with Crippen LogP contribution in [0.5, 0.6) is 0 Å². The third-order valence-corrected chi connectivity index (χ3v) is 5.28. The highest BCUT2D eigenvalue weighted by Gasteiger charge is 2.22. The molecule has 2 aromatic rings. The first kappa shape index (κ1) is 17.3. The van der Waals surface area contributed by atoms with E-state index in [-0.39, 0.29) is 0 Å². The number of hydrogen-bond donors (Lipinski definition) is 0. The van der Waals surface area contributed by atoms with Crippen molar-refractivity contribution < 1.29 is 4.42 Å². The van der Waals surface area contributed by atoms with Gasteiger partial charge in [-0.25, -0.2) is 9.97 Å². The van der Waals surface area contributed by atoms with Crippen LogP contribution in [0.25, 0.3) is 0 Å². The molecule has 2 aliphatic heterocycles. The minimum absolute atomic E-state index is 0.374. The van der Waals surface area contributed by atoms with Gasteiger partial charge in [-0.1, -0.05) is 13.8 Å². The first-order valence-electron chi connectivity index (χ1n) is 9.68. The van der Waals surface area contributed by atoms with Crippen LogP contribution >= 0.6 is 0 Å². The van der Waals surface area contributed by atoms with Gasteiger partial charge in [-0.05, 0) is 18.9 Å². The van der Waals surface area contributed by atoms with E-state index in [1.807, 2.05) is 12.3 Å². The Hall–Kier alpha value is -2.15. The Bertz CT molecular complexity index is 716. The molecule has 0 saturated carbocycles. The molecule has 26 heavy (non-hydrogen) atoms. The molecule has 0 bridgehead atoms. The molecule has 0 radical (unpaired) electrons. The summed E-state index contributed by atoms with van der Waals surface area (Å²) in [5.41, 5.74) is 1.08. The lowest BCUT2D eigenvalue weighted by Crippen LogP contribution is -2.46. The number of nitrogens with zero attached hydrogens (tertiary/aromatic N) is 6. The van der Waals surface area contributed by atoms with Crippen LogP contribution in [-0.4, -0.2) is 59.1 Å². The van der Waals surface area contributed by atoms with Crippen molar-refractivity contribution in [2.75, 3.05) is 49.1 Å². The van der Waals surface area contributed by atoms with Crippen molar-refractivity contribution in [2.45, 2.75) is 39.2 Å². The van der Waals surface area contributed by atoms with Gasteiger partial charge in [0.2, 0.25) is 5.95 Å². The summed E-state index contributed by atoms with van der Waals surface area (Å²) in [6.45, 7) is 11.3. The van der Waals surface area contributed by atoms with Gasteiger partial charge in [0.1, 0.15) is 11.6 Å². The highest BCUT2D eigenvalue weighted by Crippen LogP contribution is 2.22. The summed E-state index contributed by atoms with van der Waals surface area (Å²) in [4.78, 5) is 20.8. The molecule has 4 heterocycles. The molecule has 7 heteroatoms. The van der Waals surface area contributed by atoms with Crippen molar-refractivity contribution in [3.05, 3.63) is 30.1 Å². The van der Waals surface area contributed by atoms with Crippen LogP contribution in [0.15, 0.2) is 23.1 Å². The van der Waals surface area contributed by atoms with E-state index in [2.05, 4.69) is 38.5 Å². The van der Waals surface area contributed by atoms with E-state index < -0.39 is 0 Å². The van der Waals surface area contributed by atoms with Gasteiger partial charge in [-0.3, -0.25) is 4.90 Å². The highest BCUT2D eigenvalue weighted by molar-refractivity contribution is 5.44. The van der Waals surface area contributed by atoms with Crippen LogP contribution in [0.1, 0.15) is 44.1 Å². The third-order valence-electron chi connectivity index (χ3n) is 5.28. The van der Waals surface area contributed by atoms with E-state index in [1.54, 1.807) is 6.39 Å². The standard InChI is InChI=1S/C19H28N6O/c1-15(2)18-16(21-14-26-18)13-23-9-11-24(12-10-23)17-5-6-20-19(22-17)25-7-3-4-8-25/h5-6,14-15H,3-4,7-13H2,1-2H3. The van der Waals surface area contributed by atoms with E-state index in [9.17, 15) is 0 Å². The van der Waals surface area contributed by atoms with Crippen molar-refractivity contribution in [3.8, 4) is 0 Å². The topological polar surface area (TPSA) is 61.5 Å². The lowest BCUT2D eigenvalue weighted by molar-refractivity contribution is 0.245. The van der Waals surface area contributed by atoms with E-state index in [0.717, 1.165) is 69.0 Å². The summed E-state index contributed by atoms with van der Waals surface area (Å²) in [5.74, 6) is 3.31. The molecule has 140 valence electrons. The maximum absolute atomic E-state index is 5.55. The van der Waals surface area contributed by atoms with Crippen LogP contribution in [0.4, 0.5) is 11.8 Å². The molecule has 4 rings (SSSR count). The lowest BCUT2D eigenvalue weighted by atomic mass is 10.1. The van der Waals surface area contributed by atoms with Crippen molar-refractivity contribution in [1.29, 1.82) is 0 Å². The molecular weight excluding hydrogens is 328 g/mol. The van der Waals surface area contributed by atoms with Gasteiger partial charge in [-0.15, -0.1) is 0 Å². The Balaban J connectivity index is 1.36. The van der Waals surface area contributed by atoms with Gasteiger partial charge < -0.3 is 14.2 Å². The Kier molecular flexibility index (Phi) is 5.06. The van der Waals surface area contributed by atoms with Gasteiger partial charge in [0.15, 0.2) is 6.39 Å². The second-order valence-corrected chi connectivity index (χ2v) is 7.49. The first-order chi connectivity index (χ1) is 12.7. The maximum atomic E-state index is 5.55. The predicted octanol–water partition coefficient (Wildman–Crippen LogP) is 2.51. The zero-order valence-corrected chi connectivity index (χ0v) is 15.8. The largest absolute Gasteiger partial charge is 0.448 e. The van der Waals surface area contributed by atoms with Crippen molar-refractivity contribution in [1.82, 2.24) is 19.9 Å². The molecule has 0 aromatic carbocycles. The number of hydrogen-bond acceptors (Lipinski definition) is 7. The number of anilines is 2. The lowest BCUT2D eigenvalue weighted by Gasteiger charge is -2.35. The number of piperazine rings is 1. The van der Waals surface area contributed by atoms with Gasteiger partial charge >= 0.3 is 0 Å². The Morgan fingerprint density at radius 3 is 2.50 bits per heavy atom. The van der Waals surface area contributed by atoms with Crippen LogP contribution in [0, 0.1) is 0 Å². The SMILES string of the molecule is CC(C)c1ocnc1CN1CCN(c2ccnc(N3CCCC3)n2)CC1. The third kappa shape index (κ3) is 3.67. The van der Waals surface area contributed by atoms with Gasteiger partial charge in [0.05, 0.1) is 5.69 Å². The number of aromatic nitrogens is 3. The molecule has 7 nitrogen and oxygen atoms in total. The summed E-state index contributed by atoms with van der Waals surface area (Å²) >= 11 is 0. The summed E-state index contributed by atoms with van der Waals surface area (Å²) in [7, 11) is 0. The Labute approximate surface area is 155 Å². The summed E-state index contributed by atoms with van der Waals surface area (Å²) in [5, 5.41) is 0. The molecule has 0 N–H and O–H groups in total. The van der Waals surface area contributed by atoms with Gasteiger partial charge in [0, 0.05) is 57.9 Å². The molecule has 0 atom stereocenters. The summed E-state index contributed by atoms with van der Waals surface area (Å²) in [6.07, 6.45) is 5.95. The molecule has 2 aromatic heterocycles. The quantitative estimate of drug-likeness (QED) is 0.816. The van der Waals surface area contributed by atoms with Gasteiger partial charge in [-0.2, -0.15) is 4.98 Å². The van der Waals surface area contributed by atoms with Crippen LogP contribution in [0.2, 0.25) is 0 Å². The average Bonchev–Trinajstić information content (AvgIpc) is 3.34.